The number of fused-ring (bicyclic) bond motifs is 1. The number of anilines is 1. The molecule has 25 heavy (non-hydrogen) atoms. The Hall–Kier alpha value is -1.85. The van der Waals surface area contributed by atoms with Crippen LogP contribution >= 0.6 is 27.5 Å². The van der Waals surface area contributed by atoms with E-state index in [1.807, 2.05) is 31.2 Å². The Morgan fingerprint density at radius 2 is 2.08 bits per heavy atom. The topological polar surface area (TPSA) is 46.9 Å². The second-order valence-corrected chi connectivity index (χ2v) is 7.73. The summed E-state index contributed by atoms with van der Waals surface area (Å²) >= 11 is 9.91. The third-order valence-electron chi connectivity index (χ3n) is 4.52. The Morgan fingerprint density at radius 1 is 1.32 bits per heavy atom. The van der Waals surface area contributed by atoms with E-state index in [1.54, 1.807) is 10.6 Å². The minimum atomic E-state index is -0.338. The number of hydrogen-bond donors (Lipinski definition) is 1. The zero-order valence-electron chi connectivity index (χ0n) is 13.7. The monoisotopic (exact) mass is 417 g/mol. The molecule has 0 bridgehead atoms. The second kappa shape index (κ2) is 6.46. The molecule has 0 spiro atoms. The first kappa shape index (κ1) is 16.6. The van der Waals surface area contributed by atoms with E-state index in [-0.39, 0.29) is 5.69 Å². The SMILES string of the molecule is Cc1cc2c(NCC3CC3)nc(=O)n(-c3ccccc3Cl)c2cc1Br. The fourth-order valence-electron chi connectivity index (χ4n) is 2.92. The molecule has 1 N–H and O–H groups in total. The molecule has 0 saturated heterocycles. The molecule has 1 saturated carbocycles. The largest absolute Gasteiger partial charge is 0.369 e. The van der Waals surface area contributed by atoms with Crippen LogP contribution in [0, 0.1) is 12.8 Å². The van der Waals surface area contributed by atoms with E-state index >= 15 is 0 Å². The summed E-state index contributed by atoms with van der Waals surface area (Å²) in [4.78, 5) is 17.1. The van der Waals surface area contributed by atoms with Gasteiger partial charge in [-0.3, -0.25) is 4.57 Å². The lowest BCUT2D eigenvalue weighted by Gasteiger charge is -2.16. The van der Waals surface area contributed by atoms with Gasteiger partial charge in [0.15, 0.2) is 0 Å². The second-order valence-electron chi connectivity index (χ2n) is 6.47. The molecule has 1 aromatic heterocycles. The minimum Gasteiger partial charge on any atom is -0.369 e. The van der Waals surface area contributed by atoms with E-state index in [9.17, 15) is 4.79 Å². The highest BCUT2D eigenvalue weighted by molar-refractivity contribution is 9.10. The number of aryl methyl sites for hydroxylation is 1. The number of aromatic nitrogens is 2. The Kier molecular flexibility index (Phi) is 4.29. The van der Waals surface area contributed by atoms with Crippen molar-refractivity contribution in [3.05, 3.63) is 61.9 Å². The third kappa shape index (κ3) is 3.18. The van der Waals surface area contributed by atoms with E-state index in [0.717, 1.165) is 27.5 Å². The summed E-state index contributed by atoms with van der Waals surface area (Å²) in [6, 6.07) is 11.3. The Labute approximate surface area is 159 Å². The van der Waals surface area contributed by atoms with Gasteiger partial charge in [-0.2, -0.15) is 4.98 Å². The predicted octanol–water partition coefficient (Wildman–Crippen LogP) is 4.93. The predicted molar refractivity (Wildman–Crippen MR) is 106 cm³/mol. The van der Waals surface area contributed by atoms with Crippen LogP contribution in [-0.4, -0.2) is 16.1 Å². The molecular formula is C19H17BrClN3O. The molecule has 0 atom stereocenters. The maximum absolute atomic E-state index is 12.8. The van der Waals surface area contributed by atoms with Crippen LogP contribution < -0.4 is 11.0 Å². The first-order valence-corrected chi connectivity index (χ1v) is 9.43. The van der Waals surface area contributed by atoms with Crippen molar-refractivity contribution in [3.8, 4) is 5.69 Å². The molecule has 3 aromatic rings. The molecule has 128 valence electrons. The van der Waals surface area contributed by atoms with Gasteiger partial charge in [-0.05, 0) is 55.5 Å². The van der Waals surface area contributed by atoms with E-state index < -0.39 is 0 Å². The molecule has 0 amide bonds. The molecule has 1 fully saturated rings. The number of nitrogens with zero attached hydrogens (tertiary/aromatic N) is 2. The van der Waals surface area contributed by atoms with E-state index in [2.05, 4.69) is 32.3 Å². The van der Waals surface area contributed by atoms with Gasteiger partial charge in [0.05, 0.1) is 16.2 Å². The van der Waals surface area contributed by atoms with Crippen LogP contribution in [0.1, 0.15) is 18.4 Å². The molecular weight excluding hydrogens is 402 g/mol. The quantitative estimate of drug-likeness (QED) is 0.653. The van der Waals surface area contributed by atoms with Gasteiger partial charge in [0.25, 0.3) is 0 Å². The fraction of sp³-hybridized carbons (Fsp3) is 0.263. The van der Waals surface area contributed by atoms with Gasteiger partial charge in [0, 0.05) is 16.4 Å². The molecule has 1 aliphatic carbocycles. The van der Waals surface area contributed by atoms with Crippen molar-refractivity contribution < 1.29 is 0 Å². The number of hydrogen-bond acceptors (Lipinski definition) is 3. The number of rotatable bonds is 4. The zero-order chi connectivity index (χ0) is 17.6. The van der Waals surface area contributed by atoms with Gasteiger partial charge in [-0.1, -0.05) is 39.7 Å². The van der Waals surface area contributed by atoms with Crippen molar-refractivity contribution in [2.75, 3.05) is 11.9 Å². The lowest BCUT2D eigenvalue weighted by atomic mass is 10.1. The summed E-state index contributed by atoms with van der Waals surface area (Å²) in [6.45, 7) is 2.88. The van der Waals surface area contributed by atoms with E-state index in [0.29, 0.717) is 22.4 Å². The third-order valence-corrected chi connectivity index (χ3v) is 5.69. The molecule has 0 radical (unpaired) electrons. The van der Waals surface area contributed by atoms with Gasteiger partial charge in [0.1, 0.15) is 5.82 Å². The molecule has 6 heteroatoms. The molecule has 1 heterocycles. The normalized spacial score (nSPS) is 14.0. The Morgan fingerprint density at radius 3 is 2.80 bits per heavy atom. The molecule has 1 aliphatic rings. The summed E-state index contributed by atoms with van der Waals surface area (Å²) < 4.78 is 2.52. The number of halogens is 2. The highest BCUT2D eigenvalue weighted by Crippen LogP contribution is 2.32. The van der Waals surface area contributed by atoms with Gasteiger partial charge in [0.2, 0.25) is 0 Å². The zero-order valence-corrected chi connectivity index (χ0v) is 16.1. The van der Waals surface area contributed by atoms with Gasteiger partial charge >= 0.3 is 5.69 Å². The standard InChI is InChI=1S/C19H17BrClN3O/c1-11-8-13-17(9-14(11)20)24(16-5-3-2-4-15(16)21)19(25)23-18(13)22-10-12-6-7-12/h2-5,8-9,12H,6-7,10H2,1H3,(H,22,23,25). The lowest BCUT2D eigenvalue weighted by Crippen LogP contribution is -2.24. The van der Waals surface area contributed by atoms with Crippen LogP contribution in [0.2, 0.25) is 5.02 Å². The number of benzene rings is 2. The highest BCUT2D eigenvalue weighted by atomic mass is 79.9. The van der Waals surface area contributed by atoms with Crippen molar-refractivity contribution in [3.63, 3.8) is 0 Å². The first-order valence-electron chi connectivity index (χ1n) is 8.26. The van der Waals surface area contributed by atoms with Crippen LogP contribution in [0.15, 0.2) is 45.7 Å². The summed E-state index contributed by atoms with van der Waals surface area (Å²) in [5.74, 6) is 1.34. The van der Waals surface area contributed by atoms with Gasteiger partial charge in [-0.15, -0.1) is 0 Å². The van der Waals surface area contributed by atoms with Crippen molar-refractivity contribution >= 4 is 44.3 Å². The van der Waals surface area contributed by atoms with Crippen LogP contribution in [0.4, 0.5) is 5.82 Å². The van der Waals surface area contributed by atoms with Crippen molar-refractivity contribution in [2.45, 2.75) is 19.8 Å². The summed E-state index contributed by atoms with van der Waals surface area (Å²) in [7, 11) is 0. The average Bonchev–Trinajstić information content (AvgIpc) is 3.40. The van der Waals surface area contributed by atoms with Crippen molar-refractivity contribution in [1.82, 2.24) is 9.55 Å². The molecule has 2 aromatic carbocycles. The summed E-state index contributed by atoms with van der Waals surface area (Å²) in [6.07, 6.45) is 2.48. The lowest BCUT2D eigenvalue weighted by molar-refractivity contribution is 0.874. The average molecular weight is 419 g/mol. The maximum atomic E-state index is 12.8. The fourth-order valence-corrected chi connectivity index (χ4v) is 3.47. The van der Waals surface area contributed by atoms with Crippen LogP contribution in [0.5, 0.6) is 0 Å². The summed E-state index contributed by atoms with van der Waals surface area (Å²) in [5, 5.41) is 4.79. The number of nitrogens with one attached hydrogen (secondary N) is 1. The van der Waals surface area contributed by atoms with Crippen molar-refractivity contribution in [2.24, 2.45) is 5.92 Å². The maximum Gasteiger partial charge on any atom is 0.354 e. The molecule has 4 rings (SSSR count). The minimum absolute atomic E-state index is 0.338. The Balaban J connectivity index is 1.98. The molecule has 4 nitrogen and oxygen atoms in total. The first-order chi connectivity index (χ1) is 12.0. The highest BCUT2D eigenvalue weighted by Gasteiger charge is 2.22. The Bertz CT molecular complexity index is 1030. The van der Waals surface area contributed by atoms with Crippen LogP contribution in [0.3, 0.4) is 0 Å². The summed E-state index contributed by atoms with van der Waals surface area (Å²) in [5.41, 5.74) is 2.17. The molecule has 0 aliphatic heterocycles. The van der Waals surface area contributed by atoms with Crippen LogP contribution in [-0.2, 0) is 0 Å². The smallest absolute Gasteiger partial charge is 0.354 e. The molecule has 0 unspecified atom stereocenters. The van der Waals surface area contributed by atoms with Gasteiger partial charge in [-0.25, -0.2) is 4.79 Å². The number of para-hydroxylation sites is 1. The van der Waals surface area contributed by atoms with Crippen molar-refractivity contribution in [1.29, 1.82) is 0 Å². The van der Waals surface area contributed by atoms with E-state index in [4.69, 9.17) is 11.6 Å². The van der Waals surface area contributed by atoms with E-state index in [1.165, 1.54) is 12.8 Å². The van der Waals surface area contributed by atoms with Crippen LogP contribution in [0.25, 0.3) is 16.6 Å². The van der Waals surface area contributed by atoms with Gasteiger partial charge < -0.3 is 5.32 Å².